The van der Waals surface area contributed by atoms with Crippen molar-refractivity contribution in [2.75, 3.05) is 19.6 Å². The second kappa shape index (κ2) is 5.13. The van der Waals surface area contributed by atoms with Gasteiger partial charge >= 0.3 is 0 Å². The topological polar surface area (TPSA) is 32.3 Å². The highest BCUT2D eigenvalue weighted by atomic mass is 19.1. The minimum absolute atomic E-state index is 0.0759. The molecule has 0 radical (unpaired) electrons. The molecule has 1 saturated heterocycles. The molecule has 1 N–H and O–H groups in total. The number of amides is 1. The monoisotopic (exact) mass is 280 g/mol. The van der Waals surface area contributed by atoms with Crippen LogP contribution in [0.15, 0.2) is 18.2 Å². The maximum atomic E-state index is 13.7. The summed E-state index contributed by atoms with van der Waals surface area (Å²) in [6.07, 6.45) is 0.623. The van der Waals surface area contributed by atoms with Crippen LogP contribution in [0.3, 0.4) is 0 Å². The molecule has 0 unspecified atom stereocenters. The van der Waals surface area contributed by atoms with Crippen molar-refractivity contribution in [3.05, 3.63) is 35.4 Å². The number of hydrogen-bond donors (Lipinski definition) is 1. The van der Waals surface area contributed by atoms with Gasteiger partial charge in [-0.05, 0) is 43.0 Å². The lowest BCUT2D eigenvalue weighted by molar-refractivity contribution is -0.133. The molecule has 1 aliphatic heterocycles. The summed E-state index contributed by atoms with van der Waals surface area (Å²) in [7, 11) is 0. The highest BCUT2D eigenvalue weighted by molar-refractivity contribution is 5.83. The van der Waals surface area contributed by atoms with E-state index in [4.69, 9.17) is 0 Å². The van der Waals surface area contributed by atoms with Gasteiger partial charge < -0.3 is 10.2 Å². The van der Waals surface area contributed by atoms with E-state index in [1.807, 2.05) is 11.8 Å². The van der Waals surface area contributed by atoms with Gasteiger partial charge in [0.2, 0.25) is 5.91 Å². The van der Waals surface area contributed by atoms with E-state index in [1.165, 1.54) is 6.07 Å². The number of rotatable bonds is 2. The predicted octanol–water partition coefficient (Wildman–Crippen LogP) is 1.89. The van der Waals surface area contributed by atoms with Crippen LogP contribution in [0.1, 0.15) is 24.8 Å². The third-order valence-corrected chi connectivity index (χ3v) is 4.15. The second-order valence-corrected chi connectivity index (χ2v) is 5.75. The zero-order valence-corrected chi connectivity index (χ0v) is 11.4. The molecule has 1 heterocycles. The molecule has 0 aromatic heterocycles. The van der Waals surface area contributed by atoms with Gasteiger partial charge in [-0.25, -0.2) is 8.78 Å². The Bertz CT molecular complexity index is 535. The highest BCUT2D eigenvalue weighted by Gasteiger charge is 2.47. The van der Waals surface area contributed by atoms with E-state index in [0.29, 0.717) is 25.1 Å². The lowest BCUT2D eigenvalue weighted by atomic mass is 10.1. The van der Waals surface area contributed by atoms with Gasteiger partial charge in [0.25, 0.3) is 0 Å². The molecule has 0 bridgehead atoms. The molecule has 3 atom stereocenters. The highest BCUT2D eigenvalue weighted by Crippen LogP contribution is 2.49. The lowest BCUT2D eigenvalue weighted by Crippen LogP contribution is -2.51. The molecule has 1 saturated carbocycles. The van der Waals surface area contributed by atoms with Gasteiger partial charge in [-0.2, -0.15) is 0 Å². The first-order chi connectivity index (χ1) is 9.56. The minimum Gasteiger partial charge on any atom is -0.340 e. The van der Waals surface area contributed by atoms with Crippen molar-refractivity contribution in [3.8, 4) is 0 Å². The van der Waals surface area contributed by atoms with Crippen LogP contribution in [0.5, 0.6) is 0 Å². The van der Waals surface area contributed by atoms with Crippen molar-refractivity contribution in [1.29, 1.82) is 0 Å². The van der Waals surface area contributed by atoms with Crippen LogP contribution in [0.4, 0.5) is 8.78 Å². The molecule has 20 heavy (non-hydrogen) atoms. The molecule has 1 aliphatic carbocycles. The summed E-state index contributed by atoms with van der Waals surface area (Å²) in [4.78, 5) is 14.2. The minimum atomic E-state index is -0.449. The van der Waals surface area contributed by atoms with Crippen LogP contribution in [0.25, 0.3) is 0 Å². The van der Waals surface area contributed by atoms with Crippen LogP contribution < -0.4 is 5.32 Å². The quantitative estimate of drug-likeness (QED) is 0.897. The summed E-state index contributed by atoms with van der Waals surface area (Å²) in [6.45, 7) is 4.21. The van der Waals surface area contributed by atoms with Crippen LogP contribution in [0, 0.1) is 17.6 Å². The van der Waals surface area contributed by atoms with E-state index < -0.39 is 11.6 Å². The number of piperazine rings is 1. The molecule has 0 spiro atoms. The van der Waals surface area contributed by atoms with Crippen molar-refractivity contribution in [2.24, 2.45) is 5.92 Å². The van der Waals surface area contributed by atoms with Crippen molar-refractivity contribution < 1.29 is 13.6 Å². The molecule has 108 valence electrons. The molecule has 2 aliphatic rings. The van der Waals surface area contributed by atoms with Crippen molar-refractivity contribution in [1.82, 2.24) is 10.2 Å². The van der Waals surface area contributed by atoms with Crippen molar-refractivity contribution >= 4 is 5.91 Å². The smallest absolute Gasteiger partial charge is 0.226 e. The fourth-order valence-corrected chi connectivity index (χ4v) is 2.98. The van der Waals surface area contributed by atoms with Crippen molar-refractivity contribution in [3.63, 3.8) is 0 Å². The number of nitrogens with zero attached hydrogens (tertiary/aromatic N) is 1. The SMILES string of the molecule is C[C@@H]1CN(C(=O)[C@@H]2C[C@H]2c2cc(F)ccc2F)CCN1. The molecular weight excluding hydrogens is 262 g/mol. The van der Waals surface area contributed by atoms with Gasteiger partial charge in [-0.1, -0.05) is 0 Å². The number of hydrogen-bond acceptors (Lipinski definition) is 2. The van der Waals surface area contributed by atoms with Gasteiger partial charge in [-0.3, -0.25) is 4.79 Å². The van der Waals surface area contributed by atoms with E-state index in [0.717, 1.165) is 18.7 Å². The molecule has 2 fully saturated rings. The maximum Gasteiger partial charge on any atom is 0.226 e. The number of halogens is 2. The zero-order valence-electron chi connectivity index (χ0n) is 11.4. The number of benzene rings is 1. The summed E-state index contributed by atoms with van der Waals surface area (Å²) >= 11 is 0. The zero-order chi connectivity index (χ0) is 14.3. The Hall–Kier alpha value is -1.49. The first-order valence-corrected chi connectivity index (χ1v) is 7.03. The molecular formula is C15H18F2N2O. The summed E-state index contributed by atoms with van der Waals surface area (Å²) in [6, 6.07) is 3.75. The molecule has 5 heteroatoms. The normalized spacial score (nSPS) is 29.4. The van der Waals surface area contributed by atoms with Crippen LogP contribution in [-0.4, -0.2) is 36.5 Å². The summed E-state index contributed by atoms with van der Waals surface area (Å²) in [5, 5.41) is 3.28. The van der Waals surface area contributed by atoms with E-state index in [1.54, 1.807) is 0 Å². The van der Waals surface area contributed by atoms with Gasteiger partial charge in [0, 0.05) is 31.6 Å². The Morgan fingerprint density at radius 3 is 2.95 bits per heavy atom. The Morgan fingerprint density at radius 1 is 1.40 bits per heavy atom. The van der Waals surface area contributed by atoms with Gasteiger partial charge in [-0.15, -0.1) is 0 Å². The second-order valence-electron chi connectivity index (χ2n) is 5.75. The summed E-state index contributed by atoms with van der Waals surface area (Å²) in [5.74, 6) is -1.14. The lowest BCUT2D eigenvalue weighted by Gasteiger charge is -2.32. The third-order valence-electron chi connectivity index (χ3n) is 4.15. The number of carbonyl (C=O) groups is 1. The van der Waals surface area contributed by atoms with E-state index in [2.05, 4.69) is 5.32 Å². The predicted molar refractivity (Wildman–Crippen MR) is 71.3 cm³/mol. The first kappa shape index (κ1) is 13.5. The van der Waals surface area contributed by atoms with E-state index in [-0.39, 0.29) is 23.8 Å². The Balaban J connectivity index is 1.69. The van der Waals surface area contributed by atoms with Gasteiger partial charge in [0.05, 0.1) is 0 Å². The third kappa shape index (κ3) is 2.54. The fraction of sp³-hybridized carbons (Fsp3) is 0.533. The van der Waals surface area contributed by atoms with Crippen LogP contribution in [0.2, 0.25) is 0 Å². The van der Waals surface area contributed by atoms with Crippen LogP contribution >= 0.6 is 0 Å². The average Bonchev–Trinajstić information content (AvgIpc) is 3.21. The largest absolute Gasteiger partial charge is 0.340 e. The Morgan fingerprint density at radius 2 is 2.20 bits per heavy atom. The molecule has 1 amide bonds. The molecule has 1 aromatic rings. The Labute approximate surface area is 117 Å². The standard InChI is InChI=1S/C15H18F2N2O/c1-9-8-19(5-4-18-9)15(20)13-7-11(13)12-6-10(16)2-3-14(12)17/h2-3,6,9,11,13,18H,4-5,7-8H2,1H3/t9-,11+,13-/m1/s1. The summed E-state index contributed by atoms with van der Waals surface area (Å²) < 4.78 is 26.9. The first-order valence-electron chi connectivity index (χ1n) is 7.03. The fourth-order valence-electron chi connectivity index (χ4n) is 2.98. The molecule has 1 aromatic carbocycles. The van der Waals surface area contributed by atoms with E-state index in [9.17, 15) is 13.6 Å². The average molecular weight is 280 g/mol. The molecule has 3 nitrogen and oxygen atoms in total. The van der Waals surface area contributed by atoms with E-state index >= 15 is 0 Å². The van der Waals surface area contributed by atoms with Gasteiger partial charge in [0.1, 0.15) is 11.6 Å². The number of nitrogens with one attached hydrogen (secondary N) is 1. The Kier molecular flexibility index (Phi) is 3.46. The molecule has 3 rings (SSSR count). The summed E-state index contributed by atoms with van der Waals surface area (Å²) in [5.41, 5.74) is 0.339. The van der Waals surface area contributed by atoms with Crippen molar-refractivity contribution in [2.45, 2.75) is 25.3 Å². The van der Waals surface area contributed by atoms with Gasteiger partial charge in [0.15, 0.2) is 0 Å². The van der Waals surface area contributed by atoms with Crippen LogP contribution in [-0.2, 0) is 4.79 Å². The number of carbonyl (C=O) groups excluding carboxylic acids is 1. The maximum absolute atomic E-state index is 13.7.